The van der Waals surface area contributed by atoms with Gasteiger partial charge < -0.3 is 10.2 Å². The predicted molar refractivity (Wildman–Crippen MR) is 55.9 cm³/mol. The fourth-order valence-electron chi connectivity index (χ4n) is 3.98. The van der Waals surface area contributed by atoms with Gasteiger partial charge in [0, 0.05) is 12.0 Å². The highest BCUT2D eigenvalue weighted by atomic mass is 16.3. The van der Waals surface area contributed by atoms with E-state index in [0.717, 1.165) is 12.8 Å². The minimum Gasteiger partial charge on any atom is -0.396 e. The summed E-state index contributed by atoms with van der Waals surface area (Å²) in [6.45, 7) is 6.87. The van der Waals surface area contributed by atoms with E-state index < -0.39 is 5.60 Å². The molecule has 2 saturated carbocycles. The maximum atomic E-state index is 10.6. The molecule has 0 amide bonds. The van der Waals surface area contributed by atoms with Gasteiger partial charge >= 0.3 is 0 Å². The Morgan fingerprint density at radius 2 is 1.93 bits per heavy atom. The summed E-state index contributed by atoms with van der Waals surface area (Å²) in [6.07, 6.45) is 3.79. The van der Waals surface area contributed by atoms with Crippen molar-refractivity contribution < 1.29 is 10.2 Å². The molecule has 2 nitrogen and oxygen atoms in total. The van der Waals surface area contributed by atoms with Crippen LogP contribution in [0.25, 0.3) is 0 Å². The van der Waals surface area contributed by atoms with Gasteiger partial charge in [0.25, 0.3) is 0 Å². The predicted octanol–water partition coefficient (Wildman–Crippen LogP) is 1.95. The molecule has 0 spiro atoms. The fraction of sp³-hybridized carbons (Fsp3) is 1.00. The Balaban J connectivity index is 2.35. The Morgan fingerprint density at radius 1 is 1.29 bits per heavy atom. The molecule has 0 aromatic rings. The van der Waals surface area contributed by atoms with Crippen molar-refractivity contribution in [2.24, 2.45) is 16.7 Å². The Bertz CT molecular complexity index is 249. The largest absolute Gasteiger partial charge is 0.396 e. The van der Waals surface area contributed by atoms with Crippen LogP contribution in [-0.2, 0) is 0 Å². The van der Waals surface area contributed by atoms with Crippen molar-refractivity contribution in [3.8, 4) is 0 Å². The number of hydrogen-bond donors (Lipinski definition) is 2. The first-order chi connectivity index (χ1) is 6.37. The Labute approximate surface area is 86.3 Å². The van der Waals surface area contributed by atoms with Crippen LogP contribution in [0, 0.1) is 16.7 Å². The summed E-state index contributed by atoms with van der Waals surface area (Å²) in [5, 5.41) is 19.7. The molecule has 0 aliphatic heterocycles. The molecule has 2 aliphatic rings. The third-order valence-electron chi connectivity index (χ3n) is 5.57. The van der Waals surface area contributed by atoms with E-state index in [0.29, 0.717) is 12.3 Å². The van der Waals surface area contributed by atoms with Gasteiger partial charge in [0.1, 0.15) is 0 Å². The molecule has 0 aromatic carbocycles. The van der Waals surface area contributed by atoms with E-state index in [1.807, 2.05) is 0 Å². The van der Waals surface area contributed by atoms with Gasteiger partial charge in [-0.3, -0.25) is 0 Å². The second kappa shape index (κ2) is 2.73. The van der Waals surface area contributed by atoms with Gasteiger partial charge in [-0.1, -0.05) is 20.8 Å². The number of aliphatic hydroxyl groups excluding tert-OH is 1. The number of hydrogen-bond acceptors (Lipinski definition) is 2. The van der Waals surface area contributed by atoms with Crippen molar-refractivity contribution >= 4 is 0 Å². The molecule has 2 fully saturated rings. The fourth-order valence-corrected chi connectivity index (χ4v) is 3.98. The Morgan fingerprint density at radius 3 is 2.29 bits per heavy atom. The third kappa shape index (κ3) is 0.938. The average molecular weight is 198 g/mol. The summed E-state index contributed by atoms with van der Waals surface area (Å²) < 4.78 is 0. The van der Waals surface area contributed by atoms with Gasteiger partial charge in [-0.05, 0) is 37.0 Å². The van der Waals surface area contributed by atoms with Crippen molar-refractivity contribution in [3.05, 3.63) is 0 Å². The number of fused-ring (bicyclic) bond motifs is 2. The molecular weight excluding hydrogens is 176 g/mol. The second-order valence-electron chi connectivity index (χ2n) is 6.00. The van der Waals surface area contributed by atoms with Crippen molar-refractivity contribution in [2.75, 3.05) is 6.61 Å². The molecule has 0 saturated heterocycles. The van der Waals surface area contributed by atoms with E-state index in [-0.39, 0.29) is 17.4 Å². The first-order valence-electron chi connectivity index (χ1n) is 5.71. The summed E-state index contributed by atoms with van der Waals surface area (Å²) in [5.74, 6) is 0.643. The molecule has 2 rings (SSSR count). The smallest absolute Gasteiger partial charge is 0.0730 e. The molecule has 82 valence electrons. The Hall–Kier alpha value is -0.0800. The number of aliphatic hydroxyl groups is 2. The maximum Gasteiger partial charge on any atom is 0.0730 e. The molecule has 3 atom stereocenters. The van der Waals surface area contributed by atoms with Crippen LogP contribution in [0.2, 0.25) is 0 Å². The lowest BCUT2D eigenvalue weighted by Crippen LogP contribution is -2.47. The van der Waals surface area contributed by atoms with Crippen molar-refractivity contribution in [1.82, 2.24) is 0 Å². The van der Waals surface area contributed by atoms with Crippen LogP contribution in [0.5, 0.6) is 0 Å². The standard InChI is InChI=1S/C12H22O2/c1-10(2)9-4-5-11(10,3)12(14,8-9)6-7-13/h9,13-14H,4-8H2,1-3H3/t9-,11-,12+/m1/s1. The summed E-state index contributed by atoms with van der Waals surface area (Å²) in [7, 11) is 0. The van der Waals surface area contributed by atoms with Gasteiger partial charge in [-0.25, -0.2) is 0 Å². The van der Waals surface area contributed by atoms with Crippen LogP contribution in [0.15, 0.2) is 0 Å². The van der Waals surface area contributed by atoms with E-state index in [9.17, 15) is 5.11 Å². The monoisotopic (exact) mass is 198 g/mol. The summed E-state index contributed by atoms with van der Waals surface area (Å²) >= 11 is 0. The lowest BCUT2D eigenvalue weighted by atomic mass is 9.63. The molecule has 0 heterocycles. The van der Waals surface area contributed by atoms with Gasteiger partial charge in [-0.2, -0.15) is 0 Å². The lowest BCUT2D eigenvalue weighted by molar-refractivity contribution is -0.101. The van der Waals surface area contributed by atoms with Crippen molar-refractivity contribution in [3.63, 3.8) is 0 Å². The minimum atomic E-state index is -0.617. The topological polar surface area (TPSA) is 40.5 Å². The first kappa shape index (κ1) is 10.4. The highest BCUT2D eigenvalue weighted by Crippen LogP contribution is 2.70. The third-order valence-corrected chi connectivity index (χ3v) is 5.57. The normalized spacial score (nSPS) is 49.9. The minimum absolute atomic E-state index is 0.00734. The summed E-state index contributed by atoms with van der Waals surface area (Å²) in [4.78, 5) is 0. The molecule has 0 unspecified atom stereocenters. The van der Waals surface area contributed by atoms with Crippen LogP contribution in [-0.4, -0.2) is 22.4 Å². The van der Waals surface area contributed by atoms with Gasteiger partial charge in [0.2, 0.25) is 0 Å². The highest BCUT2D eigenvalue weighted by molar-refractivity contribution is 5.17. The van der Waals surface area contributed by atoms with Crippen LogP contribution in [0.4, 0.5) is 0 Å². The van der Waals surface area contributed by atoms with E-state index in [1.54, 1.807) is 0 Å². The molecular formula is C12H22O2. The van der Waals surface area contributed by atoms with Gasteiger partial charge in [0.05, 0.1) is 5.60 Å². The molecule has 2 N–H and O–H groups in total. The second-order valence-corrected chi connectivity index (χ2v) is 6.00. The zero-order valence-electron chi connectivity index (χ0n) is 9.51. The molecule has 2 bridgehead atoms. The zero-order chi connectivity index (χ0) is 10.6. The molecule has 2 aliphatic carbocycles. The molecule has 0 radical (unpaired) electrons. The first-order valence-corrected chi connectivity index (χ1v) is 5.71. The van der Waals surface area contributed by atoms with E-state index in [4.69, 9.17) is 5.11 Å². The van der Waals surface area contributed by atoms with Gasteiger partial charge in [-0.15, -0.1) is 0 Å². The molecule has 14 heavy (non-hydrogen) atoms. The van der Waals surface area contributed by atoms with E-state index in [1.165, 1.54) is 6.42 Å². The quantitative estimate of drug-likeness (QED) is 0.712. The zero-order valence-corrected chi connectivity index (χ0v) is 9.51. The van der Waals surface area contributed by atoms with Gasteiger partial charge in [0.15, 0.2) is 0 Å². The SMILES string of the molecule is CC1(C)[C@@H]2CC[C@@]1(C)[C@](O)(CCO)C2. The van der Waals surface area contributed by atoms with Crippen LogP contribution in [0.1, 0.15) is 46.5 Å². The van der Waals surface area contributed by atoms with Crippen LogP contribution in [0.3, 0.4) is 0 Å². The van der Waals surface area contributed by atoms with Crippen LogP contribution < -0.4 is 0 Å². The summed E-state index contributed by atoms with van der Waals surface area (Å²) in [6, 6.07) is 0. The summed E-state index contributed by atoms with van der Waals surface area (Å²) in [5.41, 5.74) is -0.377. The molecule has 0 aromatic heterocycles. The Kier molecular flexibility index (Phi) is 2.04. The van der Waals surface area contributed by atoms with Crippen LogP contribution >= 0.6 is 0 Å². The lowest BCUT2D eigenvalue weighted by Gasteiger charge is -2.45. The molecule has 2 heteroatoms. The van der Waals surface area contributed by atoms with Crippen molar-refractivity contribution in [1.29, 1.82) is 0 Å². The van der Waals surface area contributed by atoms with Crippen molar-refractivity contribution in [2.45, 2.75) is 52.1 Å². The average Bonchev–Trinajstić information content (AvgIpc) is 2.36. The van der Waals surface area contributed by atoms with E-state index >= 15 is 0 Å². The number of rotatable bonds is 2. The highest BCUT2D eigenvalue weighted by Gasteiger charge is 2.67. The maximum absolute atomic E-state index is 10.6. The van der Waals surface area contributed by atoms with E-state index in [2.05, 4.69) is 20.8 Å².